The van der Waals surface area contributed by atoms with E-state index in [4.69, 9.17) is 11.6 Å². The van der Waals surface area contributed by atoms with E-state index in [1.54, 1.807) is 0 Å². The lowest BCUT2D eigenvalue weighted by Gasteiger charge is -2.06. The average molecular weight is 569 g/mol. The molecule has 204 valence electrons. The number of hydrogen-bond acceptors (Lipinski definition) is 0. The van der Waals surface area contributed by atoms with Crippen molar-refractivity contribution in [2.24, 2.45) is 0 Å². The van der Waals surface area contributed by atoms with E-state index in [0.717, 1.165) is 31.7 Å². The fourth-order valence-corrected chi connectivity index (χ4v) is 5.87. The van der Waals surface area contributed by atoms with Crippen LogP contribution in [-0.2, 0) is 32.1 Å². The molecule has 5 heteroatoms. The smallest absolute Gasteiger partial charge is 0.173 e. The van der Waals surface area contributed by atoms with Crippen molar-refractivity contribution < 1.29 is 18.3 Å². The van der Waals surface area contributed by atoms with Gasteiger partial charge in [0.2, 0.25) is 0 Å². The lowest BCUT2D eigenvalue weighted by atomic mass is 10.1. The second kappa shape index (κ2) is 11.7. The monoisotopic (exact) mass is 568 g/mol. The highest BCUT2D eigenvalue weighted by atomic mass is 35.5. The molecular weight excluding hydrogens is 536 g/mol. The summed E-state index contributed by atoms with van der Waals surface area (Å²) in [6.07, 6.45) is 17.3. The summed E-state index contributed by atoms with van der Waals surface area (Å²) in [4.78, 5) is 0. The Hall–Kier alpha value is -4.67. The summed E-state index contributed by atoms with van der Waals surface area (Å²) in [6.45, 7) is 3.28. The second-order valence-corrected chi connectivity index (χ2v) is 11.4. The van der Waals surface area contributed by atoms with Crippen LogP contribution in [0.3, 0.4) is 0 Å². The van der Waals surface area contributed by atoms with Crippen molar-refractivity contribution >= 4 is 11.6 Å². The molecule has 8 aliphatic rings. The molecule has 0 N–H and O–H groups in total. The molecule has 4 nitrogen and oxygen atoms in total. The number of rotatable bonds is 1. The summed E-state index contributed by atoms with van der Waals surface area (Å²) in [7, 11) is 0. The molecule has 12 bridgehead atoms. The van der Waals surface area contributed by atoms with Crippen LogP contribution in [-0.4, -0.2) is 0 Å². The van der Waals surface area contributed by atoms with Gasteiger partial charge in [0.1, 0.15) is 0 Å². The molecule has 0 fully saturated rings. The van der Waals surface area contributed by atoms with E-state index < -0.39 is 0 Å². The maximum atomic E-state index is 6.31. The lowest BCUT2D eigenvalue weighted by molar-refractivity contribution is -0.689. The molecule has 0 saturated carbocycles. The Kier molecular flexibility index (Phi) is 7.29. The van der Waals surface area contributed by atoms with Crippen molar-refractivity contribution in [1.29, 1.82) is 0 Å². The summed E-state index contributed by atoms with van der Waals surface area (Å²) in [5, 5.41) is 0. The quantitative estimate of drug-likeness (QED) is 0.186. The Morgan fingerprint density at radius 2 is 0.667 bits per heavy atom. The van der Waals surface area contributed by atoms with Crippen LogP contribution in [0, 0.1) is 0 Å². The molecular formula is C37H33ClN4+4. The first-order valence-electron chi connectivity index (χ1n) is 14.4. The molecule has 0 atom stereocenters. The molecule has 0 radical (unpaired) electrons. The van der Waals surface area contributed by atoms with Gasteiger partial charge in [0.25, 0.3) is 0 Å². The third kappa shape index (κ3) is 6.00. The molecule has 14 rings (SSSR count). The molecule has 0 spiro atoms. The molecule has 0 unspecified atom stereocenters. The zero-order valence-corrected chi connectivity index (χ0v) is 24.2. The van der Waals surface area contributed by atoms with Gasteiger partial charge in [-0.25, -0.2) is 18.3 Å². The second-order valence-electron chi connectivity index (χ2n) is 11.1. The van der Waals surface area contributed by atoms with Crippen LogP contribution in [0.1, 0.15) is 27.8 Å². The number of fused-ring (bicyclic) bond motifs is 1. The summed E-state index contributed by atoms with van der Waals surface area (Å²) in [5.41, 5.74) is 11.1. The molecule has 12 heterocycles. The Morgan fingerprint density at radius 3 is 0.952 bits per heavy atom. The molecule has 0 saturated heterocycles. The average Bonchev–Trinajstić information content (AvgIpc) is 3.03. The number of alkyl halides is 1. The van der Waals surface area contributed by atoms with Gasteiger partial charge in [-0.1, -0.05) is 24.3 Å². The Balaban J connectivity index is 1.23. The number of benzene rings is 2. The first-order valence-corrected chi connectivity index (χ1v) is 14.9. The summed E-state index contributed by atoms with van der Waals surface area (Å²) in [5.74, 6) is 0.501. The van der Waals surface area contributed by atoms with Gasteiger partial charge in [-0.05, 0) is 46.0 Å². The van der Waals surface area contributed by atoms with Gasteiger partial charge in [0, 0.05) is 76.7 Å². The van der Waals surface area contributed by atoms with Crippen molar-refractivity contribution in [1.82, 2.24) is 0 Å². The van der Waals surface area contributed by atoms with Gasteiger partial charge < -0.3 is 0 Å². The van der Waals surface area contributed by atoms with E-state index in [0.29, 0.717) is 5.88 Å². The van der Waals surface area contributed by atoms with Crippen molar-refractivity contribution in [3.8, 4) is 22.3 Å². The Labute approximate surface area is 252 Å². The predicted octanol–water partition coefficient (Wildman–Crippen LogP) is 5.42. The SMILES string of the molecule is ClCc1cc2cc(c1)C[n+]1ccc(cc1)-c1cc[n+](cc1)Cc1ccc(cc1)C[n+]1ccc(cc1)-c1cc[n+](cc1)C2. The van der Waals surface area contributed by atoms with Crippen LogP contribution in [0.2, 0.25) is 0 Å². The minimum atomic E-state index is 0.501. The van der Waals surface area contributed by atoms with Gasteiger partial charge in [-0.2, -0.15) is 0 Å². The van der Waals surface area contributed by atoms with Gasteiger partial charge >= 0.3 is 0 Å². The van der Waals surface area contributed by atoms with Crippen molar-refractivity contribution in [3.05, 3.63) is 168 Å². The summed E-state index contributed by atoms with van der Waals surface area (Å²) >= 11 is 6.31. The molecule has 6 aromatic rings. The normalized spacial score (nSPS) is 12.6. The van der Waals surface area contributed by atoms with E-state index >= 15 is 0 Å². The molecule has 0 aliphatic carbocycles. The van der Waals surface area contributed by atoms with Crippen LogP contribution in [0.25, 0.3) is 22.3 Å². The summed E-state index contributed by atoms with van der Waals surface area (Å²) < 4.78 is 8.92. The largest absolute Gasteiger partial charge is 0.201 e. The number of halogens is 1. The Morgan fingerprint density at radius 1 is 0.381 bits per heavy atom. The van der Waals surface area contributed by atoms with Crippen LogP contribution in [0.4, 0.5) is 0 Å². The van der Waals surface area contributed by atoms with Gasteiger partial charge in [0.05, 0.1) is 0 Å². The third-order valence-corrected chi connectivity index (χ3v) is 8.29. The van der Waals surface area contributed by atoms with Gasteiger partial charge in [0.15, 0.2) is 75.8 Å². The fraction of sp³-hybridized carbons (Fsp3) is 0.135. The number of nitrogens with zero attached hydrogens (tertiary/aromatic N) is 4. The highest BCUT2D eigenvalue weighted by Crippen LogP contribution is 2.18. The van der Waals surface area contributed by atoms with E-state index in [1.165, 1.54) is 44.5 Å². The molecule has 0 amide bonds. The van der Waals surface area contributed by atoms with E-state index in [1.807, 2.05) is 0 Å². The first-order chi connectivity index (χ1) is 20.7. The topological polar surface area (TPSA) is 15.5 Å². The highest BCUT2D eigenvalue weighted by Gasteiger charge is 2.13. The molecule has 42 heavy (non-hydrogen) atoms. The van der Waals surface area contributed by atoms with E-state index in [-0.39, 0.29) is 0 Å². The van der Waals surface area contributed by atoms with E-state index in [9.17, 15) is 0 Å². The van der Waals surface area contributed by atoms with Crippen LogP contribution in [0.15, 0.2) is 141 Å². The standard InChI is InChI=1S/C37H33ClN4/c38-24-31-21-32-23-33(22-31)28-42-19-11-37(12-20-42)35-7-15-40(16-8-35)26-30-2-1-29(3-4-30)25-39-13-5-34(6-14-39)36-9-17-41(27-32)18-10-36/h1-23H,24-28H2/q+4. The van der Waals surface area contributed by atoms with Crippen LogP contribution in [0.5, 0.6) is 0 Å². The number of pyridine rings is 4. The lowest BCUT2D eigenvalue weighted by Crippen LogP contribution is -2.34. The van der Waals surface area contributed by atoms with Crippen LogP contribution < -0.4 is 18.3 Å². The number of hydrogen-bond donors (Lipinski definition) is 0. The summed E-state index contributed by atoms with van der Waals surface area (Å²) in [6, 6.07) is 33.2. The Bertz CT molecular complexity index is 1680. The predicted molar refractivity (Wildman–Crippen MR) is 163 cm³/mol. The fourth-order valence-electron chi connectivity index (χ4n) is 5.71. The molecule has 8 aliphatic heterocycles. The van der Waals surface area contributed by atoms with Crippen molar-refractivity contribution in [3.63, 3.8) is 0 Å². The van der Waals surface area contributed by atoms with Crippen LogP contribution >= 0.6 is 11.6 Å². The van der Waals surface area contributed by atoms with Gasteiger partial charge in [-0.3, -0.25) is 0 Å². The maximum absolute atomic E-state index is 6.31. The first kappa shape index (κ1) is 26.2. The zero-order valence-electron chi connectivity index (χ0n) is 23.5. The maximum Gasteiger partial charge on any atom is 0.173 e. The molecule has 4 aromatic heterocycles. The van der Waals surface area contributed by atoms with Gasteiger partial charge in [-0.15, -0.1) is 11.6 Å². The number of aromatic nitrogens is 4. The van der Waals surface area contributed by atoms with E-state index in [2.05, 4.69) is 159 Å². The minimum Gasteiger partial charge on any atom is -0.201 e. The highest BCUT2D eigenvalue weighted by molar-refractivity contribution is 6.17. The zero-order chi connectivity index (χ0) is 28.3. The van der Waals surface area contributed by atoms with Crippen molar-refractivity contribution in [2.75, 3.05) is 0 Å². The third-order valence-electron chi connectivity index (χ3n) is 7.98. The minimum absolute atomic E-state index is 0.501. The van der Waals surface area contributed by atoms with Crippen molar-refractivity contribution in [2.45, 2.75) is 32.1 Å². The molecule has 2 aromatic carbocycles.